The molecule has 35 heavy (non-hydrogen) atoms. The van der Waals surface area contributed by atoms with Gasteiger partial charge in [-0.25, -0.2) is 4.98 Å². The van der Waals surface area contributed by atoms with Crippen LogP contribution in [0.5, 0.6) is 0 Å². The second kappa shape index (κ2) is 9.19. The number of amides is 1. The molecule has 1 amide bonds. The van der Waals surface area contributed by atoms with E-state index in [4.69, 9.17) is 4.98 Å². The predicted octanol–water partition coefficient (Wildman–Crippen LogP) is 5.57. The first-order valence-corrected chi connectivity index (χ1v) is 13.6. The summed E-state index contributed by atoms with van der Waals surface area (Å²) in [6.07, 6.45) is 11.0. The molecule has 0 N–H and O–H groups in total. The van der Waals surface area contributed by atoms with Crippen LogP contribution >= 0.6 is 11.8 Å². The van der Waals surface area contributed by atoms with Gasteiger partial charge >= 0.3 is 0 Å². The Morgan fingerprint density at radius 1 is 1.23 bits per heavy atom. The molecule has 4 heterocycles. The number of imidazole rings is 1. The van der Waals surface area contributed by atoms with Crippen LogP contribution in [-0.4, -0.2) is 48.8 Å². The first kappa shape index (κ1) is 22.4. The van der Waals surface area contributed by atoms with Gasteiger partial charge in [-0.1, -0.05) is 49.9 Å². The number of thioether (sulfide) groups is 1. The number of piperidine rings is 1. The summed E-state index contributed by atoms with van der Waals surface area (Å²) in [5.41, 5.74) is 5.77. The van der Waals surface area contributed by atoms with E-state index in [1.54, 1.807) is 11.8 Å². The number of para-hydroxylation sites is 2. The number of carbonyl (C=O) groups excluding carboxylic acids is 1. The Kier molecular flexibility index (Phi) is 5.88. The van der Waals surface area contributed by atoms with E-state index in [9.17, 15) is 4.79 Å². The lowest BCUT2D eigenvalue weighted by Crippen LogP contribution is -2.44. The van der Waals surface area contributed by atoms with Crippen molar-refractivity contribution in [3.8, 4) is 0 Å². The van der Waals surface area contributed by atoms with Gasteiger partial charge in [-0.3, -0.25) is 9.78 Å². The Balaban J connectivity index is 1.22. The Morgan fingerprint density at radius 2 is 2.11 bits per heavy atom. The van der Waals surface area contributed by atoms with Gasteiger partial charge < -0.3 is 14.0 Å². The maximum absolute atomic E-state index is 13.4. The maximum atomic E-state index is 13.4. The summed E-state index contributed by atoms with van der Waals surface area (Å²) in [7, 11) is 0. The van der Waals surface area contributed by atoms with Crippen LogP contribution in [0.15, 0.2) is 54.0 Å². The second-order valence-electron chi connectivity index (χ2n) is 9.64. The molecule has 4 aromatic rings. The topological polar surface area (TPSA) is 56.0 Å². The van der Waals surface area contributed by atoms with Crippen molar-refractivity contribution in [2.24, 2.45) is 5.92 Å². The predicted molar refractivity (Wildman–Crippen MR) is 143 cm³/mol. The van der Waals surface area contributed by atoms with E-state index in [-0.39, 0.29) is 11.9 Å². The van der Waals surface area contributed by atoms with Gasteiger partial charge in [0, 0.05) is 55.8 Å². The lowest BCUT2D eigenvalue weighted by atomic mass is 9.92. The lowest BCUT2D eigenvalue weighted by molar-refractivity contribution is -0.133. The molecular formula is C28H31N5OS. The van der Waals surface area contributed by atoms with E-state index in [1.807, 2.05) is 24.4 Å². The molecule has 1 fully saturated rings. The Bertz CT molecular complexity index is 1430. The van der Waals surface area contributed by atoms with Crippen molar-refractivity contribution < 1.29 is 4.79 Å². The van der Waals surface area contributed by atoms with E-state index in [1.165, 1.54) is 16.5 Å². The van der Waals surface area contributed by atoms with Gasteiger partial charge in [-0.05, 0) is 36.3 Å². The molecule has 0 bridgehead atoms. The van der Waals surface area contributed by atoms with Gasteiger partial charge in [0.05, 0.1) is 28.3 Å². The third-order valence-electron chi connectivity index (χ3n) is 7.54. The lowest BCUT2D eigenvalue weighted by Gasteiger charge is -2.38. The number of pyridine rings is 1. The number of hydrogen-bond donors (Lipinski definition) is 0. The quantitative estimate of drug-likeness (QED) is 0.335. The van der Waals surface area contributed by atoms with Crippen LogP contribution in [-0.2, 0) is 17.8 Å². The van der Waals surface area contributed by atoms with Crippen molar-refractivity contribution in [3.05, 3.63) is 60.1 Å². The zero-order valence-corrected chi connectivity index (χ0v) is 21.2. The molecule has 1 aliphatic carbocycles. The molecule has 1 aromatic carbocycles. The normalized spacial score (nSPS) is 19.7. The van der Waals surface area contributed by atoms with Gasteiger partial charge in [0.1, 0.15) is 0 Å². The molecule has 3 aromatic heterocycles. The highest BCUT2D eigenvalue weighted by molar-refractivity contribution is 7.99. The second-order valence-corrected chi connectivity index (χ2v) is 10.9. The van der Waals surface area contributed by atoms with Crippen LogP contribution in [0.1, 0.15) is 44.0 Å². The fraction of sp³-hybridized carbons (Fsp3) is 0.393. The third-order valence-corrected chi connectivity index (χ3v) is 8.40. The smallest absolute Gasteiger partial charge is 0.224 e. The summed E-state index contributed by atoms with van der Waals surface area (Å²) in [5.74, 6) is 1.70. The van der Waals surface area contributed by atoms with E-state index in [0.717, 1.165) is 53.6 Å². The number of fused-ring (bicyclic) bond motifs is 4. The van der Waals surface area contributed by atoms with Crippen LogP contribution in [0, 0.1) is 5.92 Å². The van der Waals surface area contributed by atoms with Crippen molar-refractivity contribution >= 4 is 45.7 Å². The van der Waals surface area contributed by atoms with Gasteiger partial charge in [-0.2, -0.15) is 0 Å². The van der Waals surface area contributed by atoms with E-state index in [0.29, 0.717) is 18.9 Å². The molecule has 0 saturated carbocycles. The highest BCUT2D eigenvalue weighted by Crippen LogP contribution is 2.35. The molecule has 7 heteroatoms. The molecule has 1 aliphatic heterocycles. The van der Waals surface area contributed by atoms with Crippen molar-refractivity contribution in [2.75, 3.05) is 18.8 Å². The van der Waals surface area contributed by atoms with Crippen molar-refractivity contribution in [1.29, 1.82) is 0 Å². The highest BCUT2D eigenvalue weighted by atomic mass is 32.2. The number of aryl methyl sites for hydroxylation is 1. The third kappa shape index (κ3) is 3.96. The van der Waals surface area contributed by atoms with E-state index >= 15 is 0 Å². The van der Waals surface area contributed by atoms with Crippen LogP contribution in [0.2, 0.25) is 0 Å². The zero-order chi connectivity index (χ0) is 23.9. The minimum atomic E-state index is 0.232. The van der Waals surface area contributed by atoms with Crippen LogP contribution in [0.4, 0.5) is 0 Å². The SMILES string of the molecule is CCSc1nc2ccccc2n1CCC(=O)N1CC[C@@H](C)[C@@H](n2ccc3cnc4c(c32)C=CC4)C1. The zero-order valence-electron chi connectivity index (χ0n) is 20.4. The van der Waals surface area contributed by atoms with Crippen LogP contribution < -0.4 is 0 Å². The molecular weight excluding hydrogens is 454 g/mol. The fourth-order valence-electron chi connectivity index (χ4n) is 5.63. The maximum Gasteiger partial charge on any atom is 0.224 e. The van der Waals surface area contributed by atoms with Crippen molar-refractivity contribution in [2.45, 2.75) is 50.9 Å². The van der Waals surface area contributed by atoms with E-state index < -0.39 is 0 Å². The average molecular weight is 486 g/mol. The van der Waals surface area contributed by atoms with Gasteiger partial charge in [0.15, 0.2) is 5.16 Å². The molecule has 0 unspecified atom stereocenters. The Hall–Kier alpha value is -3.06. The summed E-state index contributed by atoms with van der Waals surface area (Å²) in [4.78, 5) is 25.0. The van der Waals surface area contributed by atoms with E-state index in [2.05, 4.69) is 63.3 Å². The average Bonchev–Trinajstić information content (AvgIpc) is 3.59. The van der Waals surface area contributed by atoms with Gasteiger partial charge in [0.25, 0.3) is 0 Å². The molecule has 6 rings (SSSR count). The summed E-state index contributed by atoms with van der Waals surface area (Å²) in [6.45, 7) is 6.71. The number of benzene rings is 1. The molecule has 6 nitrogen and oxygen atoms in total. The first-order chi connectivity index (χ1) is 17.1. The number of aromatic nitrogens is 4. The molecule has 2 aliphatic rings. The minimum absolute atomic E-state index is 0.232. The molecule has 1 saturated heterocycles. The molecule has 180 valence electrons. The largest absolute Gasteiger partial charge is 0.342 e. The van der Waals surface area contributed by atoms with Crippen molar-refractivity contribution in [3.63, 3.8) is 0 Å². The molecule has 2 atom stereocenters. The van der Waals surface area contributed by atoms with Gasteiger partial charge in [-0.15, -0.1) is 0 Å². The van der Waals surface area contributed by atoms with Crippen molar-refractivity contribution in [1.82, 2.24) is 24.0 Å². The standard InChI is InChI=1S/C28H31N5OS/c1-3-35-28-30-23-8-4-5-10-24(23)33(28)16-13-26(34)31-14-11-19(2)25(18-31)32-15-12-20-17-29-22-9-6-7-21(22)27(20)32/h4-8,10,12,15,17,19,25H,3,9,11,13-14,16,18H2,1-2H3/t19-,25+/m1/s1. The fourth-order valence-corrected chi connectivity index (χ4v) is 6.40. The number of allylic oxidation sites excluding steroid dienone is 1. The van der Waals surface area contributed by atoms with Crippen LogP contribution in [0.25, 0.3) is 28.0 Å². The summed E-state index contributed by atoms with van der Waals surface area (Å²) in [5, 5.41) is 2.18. The Labute approximate surface area is 210 Å². The molecule has 0 radical (unpaired) electrons. The monoisotopic (exact) mass is 485 g/mol. The molecule has 0 spiro atoms. The minimum Gasteiger partial charge on any atom is -0.342 e. The first-order valence-electron chi connectivity index (χ1n) is 12.6. The summed E-state index contributed by atoms with van der Waals surface area (Å²) < 4.78 is 4.63. The number of carbonyl (C=O) groups is 1. The van der Waals surface area contributed by atoms with Crippen LogP contribution in [0.3, 0.4) is 0 Å². The summed E-state index contributed by atoms with van der Waals surface area (Å²) >= 11 is 1.74. The number of rotatable bonds is 6. The number of hydrogen-bond acceptors (Lipinski definition) is 4. The van der Waals surface area contributed by atoms with Gasteiger partial charge in [0.2, 0.25) is 5.91 Å². The summed E-state index contributed by atoms with van der Waals surface area (Å²) in [6, 6.07) is 10.6. The Morgan fingerprint density at radius 3 is 3.00 bits per heavy atom. The number of likely N-dealkylation sites (tertiary alicyclic amines) is 1. The number of nitrogens with zero attached hydrogens (tertiary/aromatic N) is 5. The highest BCUT2D eigenvalue weighted by Gasteiger charge is 2.31.